The summed E-state index contributed by atoms with van der Waals surface area (Å²) in [5.41, 5.74) is 0.980. The van der Waals surface area contributed by atoms with E-state index >= 15 is 0 Å². The fourth-order valence-corrected chi connectivity index (χ4v) is 3.49. The SMILES string of the molecule is CC(CC#N)CCCCNC(=O)OCc1ccccc1.CC(CC#N)CCCCNS(C)(=O)=O. The van der Waals surface area contributed by atoms with Gasteiger partial charge in [0.1, 0.15) is 6.61 Å². The topological polar surface area (TPSA) is 132 Å². The van der Waals surface area contributed by atoms with Crippen molar-refractivity contribution in [2.75, 3.05) is 19.3 Å². The van der Waals surface area contributed by atoms with E-state index in [1.807, 2.05) is 37.3 Å². The first kappa shape index (κ1) is 31.4. The Bertz CT molecular complexity index is 848. The highest BCUT2D eigenvalue weighted by Crippen LogP contribution is 2.11. The molecular weight excluding hydrogens is 452 g/mol. The Morgan fingerprint density at radius 2 is 1.47 bits per heavy atom. The number of hydrogen-bond acceptors (Lipinski definition) is 6. The summed E-state index contributed by atoms with van der Waals surface area (Å²) in [6.07, 6.45) is 7.70. The molecule has 1 rings (SSSR count). The van der Waals surface area contributed by atoms with Gasteiger partial charge in [0.05, 0.1) is 18.4 Å². The fraction of sp³-hybridized carbons (Fsp3) is 0.640. The number of carbonyl (C=O) groups excluding carboxylic acids is 1. The van der Waals surface area contributed by atoms with E-state index in [1.165, 1.54) is 0 Å². The van der Waals surface area contributed by atoms with Gasteiger partial charge in [0, 0.05) is 25.9 Å². The third kappa shape index (κ3) is 21.2. The zero-order chi connectivity index (χ0) is 25.7. The Morgan fingerprint density at radius 3 is 1.97 bits per heavy atom. The standard InChI is InChI=1S/C16H22N2O2.C9H18N2O2S/c1-14(10-11-17)7-5-6-12-18-16(19)20-13-15-8-3-2-4-9-15;1-9(6-7-10)5-3-4-8-11-14(2,12)13/h2-4,8-9,14H,5-7,10,12-13H2,1H3,(H,18,19);9,11H,3-6,8H2,1-2H3. The van der Waals surface area contributed by atoms with Gasteiger partial charge < -0.3 is 10.1 Å². The van der Waals surface area contributed by atoms with Gasteiger partial charge in [-0.1, -0.05) is 57.0 Å². The fourth-order valence-electron chi connectivity index (χ4n) is 2.97. The van der Waals surface area contributed by atoms with Crippen LogP contribution in [0.5, 0.6) is 0 Å². The van der Waals surface area contributed by atoms with Gasteiger partial charge in [-0.3, -0.25) is 0 Å². The van der Waals surface area contributed by atoms with Gasteiger partial charge in [0.15, 0.2) is 0 Å². The number of nitrogens with one attached hydrogen (secondary N) is 2. The molecule has 0 spiro atoms. The predicted molar refractivity (Wildman–Crippen MR) is 134 cm³/mol. The zero-order valence-corrected chi connectivity index (χ0v) is 21.6. The number of sulfonamides is 1. The van der Waals surface area contributed by atoms with Gasteiger partial charge in [-0.05, 0) is 43.1 Å². The van der Waals surface area contributed by atoms with Crippen molar-refractivity contribution < 1.29 is 17.9 Å². The van der Waals surface area contributed by atoms with Gasteiger partial charge in [-0.25, -0.2) is 17.9 Å². The van der Waals surface area contributed by atoms with Gasteiger partial charge >= 0.3 is 6.09 Å². The Kier molecular flexibility index (Phi) is 18.3. The van der Waals surface area contributed by atoms with Crippen molar-refractivity contribution in [3.63, 3.8) is 0 Å². The van der Waals surface area contributed by atoms with E-state index in [1.54, 1.807) is 0 Å². The molecule has 190 valence electrons. The van der Waals surface area contributed by atoms with E-state index in [9.17, 15) is 13.2 Å². The van der Waals surface area contributed by atoms with Gasteiger partial charge in [-0.2, -0.15) is 10.5 Å². The molecule has 0 heterocycles. The summed E-state index contributed by atoms with van der Waals surface area (Å²) >= 11 is 0. The maximum atomic E-state index is 11.4. The van der Waals surface area contributed by atoms with Crippen LogP contribution in [0.1, 0.15) is 70.8 Å². The van der Waals surface area contributed by atoms with E-state index in [-0.39, 0.29) is 6.09 Å². The number of hydrogen-bond donors (Lipinski definition) is 2. The number of ether oxygens (including phenoxy) is 1. The van der Waals surface area contributed by atoms with Crippen molar-refractivity contribution >= 4 is 16.1 Å². The molecule has 9 heteroatoms. The summed E-state index contributed by atoms with van der Waals surface area (Å²) in [5.74, 6) is 0.850. The molecule has 8 nitrogen and oxygen atoms in total. The van der Waals surface area contributed by atoms with E-state index in [2.05, 4.69) is 29.1 Å². The minimum atomic E-state index is -3.04. The summed E-state index contributed by atoms with van der Waals surface area (Å²) in [4.78, 5) is 11.4. The quantitative estimate of drug-likeness (QED) is 0.335. The predicted octanol–water partition coefficient (Wildman–Crippen LogP) is 4.89. The number of rotatable bonds is 15. The van der Waals surface area contributed by atoms with Gasteiger partial charge in [0.2, 0.25) is 10.0 Å². The van der Waals surface area contributed by atoms with Crippen LogP contribution in [0.15, 0.2) is 30.3 Å². The lowest BCUT2D eigenvalue weighted by molar-refractivity contribution is 0.139. The number of nitrogens with zero attached hydrogens (tertiary/aromatic N) is 2. The molecular formula is C25H40N4O4S. The van der Waals surface area contributed by atoms with Crippen molar-refractivity contribution in [3.05, 3.63) is 35.9 Å². The molecule has 1 aromatic rings. The first-order valence-corrected chi connectivity index (χ1v) is 13.7. The van der Waals surface area contributed by atoms with E-state index in [0.717, 1.165) is 50.3 Å². The van der Waals surface area contributed by atoms with Crippen molar-refractivity contribution in [1.29, 1.82) is 10.5 Å². The van der Waals surface area contributed by atoms with Crippen LogP contribution >= 0.6 is 0 Å². The summed E-state index contributed by atoms with van der Waals surface area (Å²) in [6, 6.07) is 13.9. The molecule has 34 heavy (non-hydrogen) atoms. The van der Waals surface area contributed by atoms with Crippen LogP contribution in [-0.2, 0) is 21.4 Å². The van der Waals surface area contributed by atoms with Crippen LogP contribution in [-0.4, -0.2) is 33.9 Å². The Morgan fingerprint density at radius 1 is 0.941 bits per heavy atom. The second-order valence-electron chi connectivity index (χ2n) is 8.58. The van der Waals surface area contributed by atoms with Crippen LogP contribution in [0.4, 0.5) is 4.79 Å². The van der Waals surface area contributed by atoms with Crippen LogP contribution in [0.25, 0.3) is 0 Å². The van der Waals surface area contributed by atoms with E-state index in [4.69, 9.17) is 15.3 Å². The molecule has 2 unspecified atom stereocenters. The second-order valence-corrected chi connectivity index (χ2v) is 10.4. The summed E-state index contributed by atoms with van der Waals surface area (Å²) < 4.78 is 28.9. The number of unbranched alkanes of at least 4 members (excludes halogenated alkanes) is 2. The minimum Gasteiger partial charge on any atom is -0.445 e. The maximum Gasteiger partial charge on any atom is 0.407 e. The lowest BCUT2D eigenvalue weighted by Gasteiger charge is -2.08. The highest BCUT2D eigenvalue weighted by Gasteiger charge is 2.04. The van der Waals surface area contributed by atoms with Crippen molar-refractivity contribution in [2.24, 2.45) is 11.8 Å². The first-order valence-electron chi connectivity index (χ1n) is 11.8. The summed E-state index contributed by atoms with van der Waals surface area (Å²) in [6.45, 7) is 5.52. The van der Waals surface area contributed by atoms with Gasteiger partial charge in [0.25, 0.3) is 0 Å². The second kappa shape index (κ2) is 19.8. The molecule has 0 aliphatic carbocycles. The van der Waals surface area contributed by atoms with Crippen LogP contribution < -0.4 is 10.0 Å². The number of benzene rings is 1. The molecule has 0 fully saturated rings. The number of carbonyl (C=O) groups is 1. The highest BCUT2D eigenvalue weighted by molar-refractivity contribution is 7.88. The van der Waals surface area contributed by atoms with Gasteiger partial charge in [-0.15, -0.1) is 0 Å². The number of amides is 1. The minimum absolute atomic E-state index is 0.297. The lowest BCUT2D eigenvalue weighted by Crippen LogP contribution is -2.25. The van der Waals surface area contributed by atoms with Crippen molar-refractivity contribution in [1.82, 2.24) is 10.0 Å². The lowest BCUT2D eigenvalue weighted by atomic mass is 10.0. The molecule has 1 amide bonds. The largest absolute Gasteiger partial charge is 0.445 e. The Labute approximate surface area is 205 Å². The Balaban J connectivity index is 0.000000686. The smallest absolute Gasteiger partial charge is 0.407 e. The van der Waals surface area contributed by atoms with Crippen LogP contribution in [0.2, 0.25) is 0 Å². The Hall–Kier alpha value is -2.62. The highest BCUT2D eigenvalue weighted by atomic mass is 32.2. The maximum absolute atomic E-state index is 11.4. The number of alkyl carbamates (subject to hydrolysis) is 1. The molecule has 0 saturated carbocycles. The average Bonchev–Trinajstić information content (AvgIpc) is 2.78. The zero-order valence-electron chi connectivity index (χ0n) is 20.8. The number of nitriles is 2. The molecule has 0 aromatic heterocycles. The van der Waals surface area contributed by atoms with Crippen molar-refractivity contribution in [2.45, 2.75) is 71.8 Å². The third-order valence-electron chi connectivity index (χ3n) is 4.97. The molecule has 0 saturated heterocycles. The average molecular weight is 493 g/mol. The van der Waals surface area contributed by atoms with Crippen molar-refractivity contribution in [3.8, 4) is 12.1 Å². The summed E-state index contributed by atoms with van der Waals surface area (Å²) in [7, 11) is -3.04. The molecule has 0 aliphatic heterocycles. The monoisotopic (exact) mass is 492 g/mol. The molecule has 0 radical (unpaired) electrons. The molecule has 1 aromatic carbocycles. The van der Waals surface area contributed by atoms with E-state index in [0.29, 0.717) is 44.4 Å². The van der Waals surface area contributed by atoms with Crippen LogP contribution in [0.3, 0.4) is 0 Å². The molecule has 0 bridgehead atoms. The molecule has 2 atom stereocenters. The first-order chi connectivity index (χ1) is 16.2. The third-order valence-corrected chi connectivity index (χ3v) is 5.70. The normalized spacial score (nSPS) is 12.3. The summed E-state index contributed by atoms with van der Waals surface area (Å²) in [5, 5.41) is 19.7. The van der Waals surface area contributed by atoms with E-state index < -0.39 is 10.0 Å². The molecule has 2 N–H and O–H groups in total. The molecule has 0 aliphatic rings. The van der Waals surface area contributed by atoms with Crippen LogP contribution in [0, 0.1) is 34.5 Å².